The topological polar surface area (TPSA) is 90.4 Å². The van der Waals surface area contributed by atoms with E-state index < -0.39 is 0 Å². The molecule has 0 fully saturated rings. The molecule has 1 aromatic heterocycles. The lowest BCUT2D eigenvalue weighted by Crippen LogP contribution is -2.19. The second-order valence-corrected chi connectivity index (χ2v) is 5.16. The maximum Gasteiger partial charge on any atom is 0.240 e. The maximum atomic E-state index is 11.9. The van der Waals surface area contributed by atoms with Gasteiger partial charge in [-0.2, -0.15) is 10.2 Å². The highest BCUT2D eigenvalue weighted by Crippen LogP contribution is 2.16. The van der Waals surface area contributed by atoms with Gasteiger partial charge in [-0.05, 0) is 44.9 Å². The summed E-state index contributed by atoms with van der Waals surface area (Å²) in [5.74, 6) is -0.0302. The van der Waals surface area contributed by atoms with Gasteiger partial charge in [-0.3, -0.25) is 9.89 Å². The number of phenolic OH excluding ortho intramolecular Hbond substituents is 1. The highest BCUT2D eigenvalue weighted by molar-refractivity contribution is 6.01. The normalized spacial score (nSPS) is 11.5. The monoisotopic (exact) mass is 300 g/mol. The number of nitrogens with one attached hydrogen (secondary N) is 2. The average Bonchev–Trinajstić information content (AvgIpc) is 2.82. The van der Waals surface area contributed by atoms with Crippen LogP contribution in [0.3, 0.4) is 0 Å². The van der Waals surface area contributed by atoms with Crippen molar-refractivity contribution in [2.75, 3.05) is 0 Å². The van der Waals surface area contributed by atoms with Crippen molar-refractivity contribution >= 4 is 11.6 Å². The first-order chi connectivity index (χ1) is 10.5. The van der Waals surface area contributed by atoms with Crippen molar-refractivity contribution in [2.45, 2.75) is 33.6 Å². The number of aromatic amines is 1. The van der Waals surface area contributed by atoms with Crippen molar-refractivity contribution < 1.29 is 9.90 Å². The van der Waals surface area contributed by atoms with Crippen LogP contribution in [0.4, 0.5) is 0 Å². The van der Waals surface area contributed by atoms with E-state index >= 15 is 0 Å². The van der Waals surface area contributed by atoms with Crippen molar-refractivity contribution in [3.8, 4) is 5.75 Å². The predicted octanol–water partition coefficient (Wildman–Crippen LogP) is 2.21. The molecule has 0 aliphatic rings. The average molecular weight is 300 g/mol. The molecular weight excluding hydrogens is 280 g/mol. The molecule has 0 unspecified atom stereocenters. The van der Waals surface area contributed by atoms with Gasteiger partial charge < -0.3 is 5.11 Å². The number of hydrazone groups is 1. The minimum atomic E-state index is -0.172. The number of hydrogen-bond donors (Lipinski definition) is 3. The summed E-state index contributed by atoms with van der Waals surface area (Å²) in [4.78, 5) is 11.9. The highest BCUT2D eigenvalue weighted by Gasteiger charge is 2.09. The Labute approximate surface area is 129 Å². The Morgan fingerprint density at radius 3 is 2.73 bits per heavy atom. The molecule has 1 aromatic carbocycles. The van der Waals surface area contributed by atoms with E-state index in [1.165, 1.54) is 0 Å². The van der Waals surface area contributed by atoms with Gasteiger partial charge in [0, 0.05) is 17.7 Å². The Morgan fingerprint density at radius 2 is 2.09 bits per heavy atom. The molecule has 0 radical (unpaired) electrons. The molecular formula is C16H20N4O2. The van der Waals surface area contributed by atoms with Gasteiger partial charge in [-0.25, -0.2) is 5.43 Å². The van der Waals surface area contributed by atoms with E-state index in [4.69, 9.17) is 0 Å². The summed E-state index contributed by atoms with van der Waals surface area (Å²) in [5.41, 5.74) is 6.64. The van der Waals surface area contributed by atoms with Gasteiger partial charge in [-0.15, -0.1) is 0 Å². The van der Waals surface area contributed by atoms with E-state index in [1.807, 2.05) is 13.8 Å². The van der Waals surface area contributed by atoms with Gasteiger partial charge in [0.05, 0.1) is 11.4 Å². The van der Waals surface area contributed by atoms with Crippen molar-refractivity contribution in [2.24, 2.45) is 5.10 Å². The number of benzene rings is 1. The minimum Gasteiger partial charge on any atom is -0.507 e. The number of nitrogens with zero attached hydrogens (tertiary/aromatic N) is 2. The number of amides is 1. The maximum absolute atomic E-state index is 11.9. The van der Waals surface area contributed by atoms with Crippen molar-refractivity contribution in [3.63, 3.8) is 0 Å². The molecule has 0 aliphatic heterocycles. The fraction of sp³-hybridized carbons (Fsp3) is 0.312. The van der Waals surface area contributed by atoms with Crippen LogP contribution in [-0.2, 0) is 11.2 Å². The minimum absolute atomic E-state index is 0.141. The SMILES string of the molecule is CC(=NNC(=O)CCc1c(C)n[nH]c1C)c1ccccc1O. The molecule has 0 bridgehead atoms. The Bertz CT molecular complexity index is 684. The zero-order valence-electron chi connectivity index (χ0n) is 13.0. The number of carbonyl (C=O) groups is 1. The van der Waals surface area contributed by atoms with Gasteiger partial charge >= 0.3 is 0 Å². The third-order valence-corrected chi connectivity index (χ3v) is 3.52. The van der Waals surface area contributed by atoms with Crippen LogP contribution in [0.5, 0.6) is 5.75 Å². The number of aryl methyl sites for hydroxylation is 2. The zero-order valence-corrected chi connectivity index (χ0v) is 13.0. The lowest BCUT2D eigenvalue weighted by molar-refractivity contribution is -0.121. The third kappa shape index (κ3) is 3.72. The largest absolute Gasteiger partial charge is 0.507 e. The molecule has 1 heterocycles. The third-order valence-electron chi connectivity index (χ3n) is 3.52. The van der Waals surface area contributed by atoms with Gasteiger partial charge in [0.2, 0.25) is 5.91 Å². The molecule has 116 valence electrons. The fourth-order valence-electron chi connectivity index (χ4n) is 2.22. The molecule has 22 heavy (non-hydrogen) atoms. The van der Waals surface area contributed by atoms with Crippen LogP contribution in [0.15, 0.2) is 29.4 Å². The molecule has 0 aliphatic carbocycles. The highest BCUT2D eigenvalue weighted by atomic mass is 16.3. The second kappa shape index (κ2) is 6.89. The number of aromatic nitrogens is 2. The van der Waals surface area contributed by atoms with E-state index in [1.54, 1.807) is 31.2 Å². The lowest BCUT2D eigenvalue weighted by Gasteiger charge is -2.05. The molecule has 3 N–H and O–H groups in total. The first kappa shape index (κ1) is 15.8. The Kier molecular flexibility index (Phi) is 4.93. The van der Waals surface area contributed by atoms with Crippen LogP contribution in [0.2, 0.25) is 0 Å². The first-order valence-corrected chi connectivity index (χ1v) is 7.11. The van der Waals surface area contributed by atoms with E-state index in [2.05, 4.69) is 20.7 Å². The van der Waals surface area contributed by atoms with E-state index in [9.17, 15) is 9.90 Å². The summed E-state index contributed by atoms with van der Waals surface area (Å²) < 4.78 is 0. The number of phenols is 1. The van der Waals surface area contributed by atoms with E-state index in [-0.39, 0.29) is 11.7 Å². The van der Waals surface area contributed by atoms with Gasteiger partial charge in [0.15, 0.2) is 0 Å². The Morgan fingerprint density at radius 1 is 1.36 bits per heavy atom. The Balaban J connectivity index is 1.93. The predicted molar refractivity (Wildman–Crippen MR) is 84.8 cm³/mol. The van der Waals surface area contributed by atoms with Crippen LogP contribution >= 0.6 is 0 Å². The first-order valence-electron chi connectivity index (χ1n) is 7.11. The quantitative estimate of drug-likeness (QED) is 0.584. The van der Waals surface area contributed by atoms with E-state index in [0.29, 0.717) is 24.1 Å². The molecule has 0 spiro atoms. The molecule has 1 amide bonds. The smallest absolute Gasteiger partial charge is 0.240 e. The number of para-hydroxylation sites is 1. The van der Waals surface area contributed by atoms with Crippen molar-refractivity contribution in [3.05, 3.63) is 46.8 Å². The molecule has 2 aromatic rings. The van der Waals surface area contributed by atoms with Gasteiger partial charge in [0.25, 0.3) is 0 Å². The number of carbonyl (C=O) groups excluding carboxylic acids is 1. The lowest BCUT2D eigenvalue weighted by atomic mass is 10.1. The fourth-order valence-corrected chi connectivity index (χ4v) is 2.22. The Hall–Kier alpha value is -2.63. The number of aromatic hydroxyl groups is 1. The van der Waals surface area contributed by atoms with E-state index in [0.717, 1.165) is 17.0 Å². The number of hydrogen-bond acceptors (Lipinski definition) is 4. The number of rotatable bonds is 5. The standard InChI is InChI=1S/C16H20N4O2/c1-10-13(11(2)18-17-10)8-9-16(22)20-19-12(3)14-6-4-5-7-15(14)21/h4-7,21H,8-9H2,1-3H3,(H,17,18)(H,20,22). The van der Waals surface area contributed by atoms with Crippen LogP contribution in [0.1, 0.15) is 35.9 Å². The summed E-state index contributed by atoms with van der Waals surface area (Å²) >= 11 is 0. The number of H-pyrrole nitrogens is 1. The second-order valence-electron chi connectivity index (χ2n) is 5.16. The molecule has 0 saturated heterocycles. The summed E-state index contributed by atoms with van der Waals surface area (Å²) in [7, 11) is 0. The molecule has 0 saturated carbocycles. The molecule has 0 atom stereocenters. The van der Waals surface area contributed by atoms with Crippen LogP contribution in [-0.4, -0.2) is 26.9 Å². The van der Waals surface area contributed by atoms with Gasteiger partial charge in [0.1, 0.15) is 5.75 Å². The van der Waals surface area contributed by atoms with Crippen LogP contribution in [0.25, 0.3) is 0 Å². The zero-order chi connectivity index (χ0) is 16.1. The molecule has 6 nitrogen and oxygen atoms in total. The summed E-state index contributed by atoms with van der Waals surface area (Å²) in [6, 6.07) is 6.87. The van der Waals surface area contributed by atoms with Crippen molar-refractivity contribution in [1.82, 2.24) is 15.6 Å². The van der Waals surface area contributed by atoms with Crippen LogP contribution in [0, 0.1) is 13.8 Å². The summed E-state index contributed by atoms with van der Waals surface area (Å²) in [6.07, 6.45) is 0.948. The van der Waals surface area contributed by atoms with Gasteiger partial charge in [-0.1, -0.05) is 12.1 Å². The summed E-state index contributed by atoms with van der Waals surface area (Å²) in [6.45, 7) is 5.59. The van der Waals surface area contributed by atoms with Crippen molar-refractivity contribution in [1.29, 1.82) is 0 Å². The molecule has 2 rings (SSSR count). The van der Waals surface area contributed by atoms with Crippen LogP contribution < -0.4 is 5.43 Å². The summed E-state index contributed by atoms with van der Waals surface area (Å²) in [5, 5.41) is 20.8. The molecule has 6 heteroatoms.